The van der Waals surface area contributed by atoms with Crippen LogP contribution in [0.5, 0.6) is 0 Å². The Bertz CT molecular complexity index is 482. The Balaban J connectivity index is 2.87. The predicted molar refractivity (Wildman–Crippen MR) is 48.7 cm³/mol. The van der Waals surface area contributed by atoms with Gasteiger partial charge >= 0.3 is 5.76 Å². The summed E-state index contributed by atoms with van der Waals surface area (Å²) < 4.78 is 6.54. The Morgan fingerprint density at radius 3 is 3.00 bits per heavy atom. The summed E-state index contributed by atoms with van der Waals surface area (Å²) in [5.41, 5.74) is 1.16. The van der Waals surface area contributed by atoms with Crippen LogP contribution < -0.4 is 5.76 Å². The molecule has 0 N–H and O–H groups in total. The minimum absolute atomic E-state index is 0.0728. The average molecular weight is 178 g/mol. The lowest BCUT2D eigenvalue weighted by Gasteiger charge is -2.02. The van der Waals surface area contributed by atoms with Crippen molar-refractivity contribution in [2.45, 2.75) is 19.9 Å². The molecule has 0 bridgehead atoms. The monoisotopic (exact) mass is 178 g/mol. The molecule has 4 heteroatoms. The zero-order valence-electron chi connectivity index (χ0n) is 7.52. The second-order valence-corrected chi connectivity index (χ2v) is 3.16. The number of aromatic nitrogens is 2. The fraction of sp³-hybridized carbons (Fsp3) is 0.333. The topological polar surface area (TPSA) is 48.0 Å². The third-order valence-electron chi connectivity index (χ3n) is 1.89. The number of rotatable bonds is 1. The van der Waals surface area contributed by atoms with E-state index >= 15 is 0 Å². The molecule has 2 rings (SSSR count). The van der Waals surface area contributed by atoms with Gasteiger partial charge in [-0.05, 0) is 26.0 Å². The van der Waals surface area contributed by atoms with Crippen LogP contribution in [-0.4, -0.2) is 9.55 Å². The molecule has 4 nitrogen and oxygen atoms in total. The second kappa shape index (κ2) is 2.73. The van der Waals surface area contributed by atoms with E-state index in [2.05, 4.69) is 4.98 Å². The van der Waals surface area contributed by atoms with Gasteiger partial charge in [0.15, 0.2) is 11.2 Å². The molecule has 0 atom stereocenters. The molecule has 2 heterocycles. The number of hydrogen-bond donors (Lipinski definition) is 0. The predicted octanol–water partition coefficient (Wildman–Crippen LogP) is 1.57. The first-order valence-electron chi connectivity index (χ1n) is 4.16. The van der Waals surface area contributed by atoms with Gasteiger partial charge in [0.05, 0.1) is 0 Å². The highest BCUT2D eigenvalue weighted by molar-refractivity contribution is 5.67. The van der Waals surface area contributed by atoms with Crippen LogP contribution in [0.2, 0.25) is 0 Å². The van der Waals surface area contributed by atoms with Crippen molar-refractivity contribution in [1.29, 1.82) is 0 Å². The normalized spacial score (nSPS) is 11.3. The summed E-state index contributed by atoms with van der Waals surface area (Å²) in [7, 11) is 0. The van der Waals surface area contributed by atoms with Crippen molar-refractivity contribution in [2.24, 2.45) is 0 Å². The molecule has 0 aliphatic heterocycles. The van der Waals surface area contributed by atoms with E-state index in [0.29, 0.717) is 11.2 Å². The molecule has 13 heavy (non-hydrogen) atoms. The largest absolute Gasteiger partial charge is 0.421 e. The molecule has 0 aromatic carbocycles. The van der Waals surface area contributed by atoms with Crippen molar-refractivity contribution < 1.29 is 4.42 Å². The van der Waals surface area contributed by atoms with Crippen molar-refractivity contribution >= 4 is 11.2 Å². The van der Waals surface area contributed by atoms with Crippen molar-refractivity contribution in [1.82, 2.24) is 9.55 Å². The van der Waals surface area contributed by atoms with Crippen molar-refractivity contribution in [3.05, 3.63) is 28.9 Å². The van der Waals surface area contributed by atoms with Gasteiger partial charge in [-0.25, -0.2) is 9.78 Å². The zero-order valence-corrected chi connectivity index (χ0v) is 7.52. The molecule has 0 fully saturated rings. The minimum Gasteiger partial charge on any atom is -0.406 e. The molecule has 0 radical (unpaired) electrons. The molecule has 2 aromatic rings. The minimum atomic E-state index is -0.344. The third kappa shape index (κ3) is 1.14. The van der Waals surface area contributed by atoms with E-state index in [9.17, 15) is 4.79 Å². The Hall–Kier alpha value is -1.58. The molecular formula is C9H10N2O2. The third-order valence-corrected chi connectivity index (χ3v) is 1.89. The molecule has 2 aromatic heterocycles. The average Bonchev–Trinajstić information content (AvgIpc) is 2.39. The maximum atomic E-state index is 11.3. The molecule has 0 aliphatic carbocycles. The van der Waals surface area contributed by atoms with E-state index in [4.69, 9.17) is 4.42 Å². The van der Waals surface area contributed by atoms with E-state index in [0.717, 1.165) is 0 Å². The molecule has 0 aliphatic rings. The zero-order chi connectivity index (χ0) is 9.42. The number of hydrogen-bond acceptors (Lipinski definition) is 3. The Morgan fingerprint density at radius 2 is 2.31 bits per heavy atom. The van der Waals surface area contributed by atoms with Gasteiger partial charge in [0.25, 0.3) is 0 Å². The number of nitrogens with zero attached hydrogens (tertiary/aromatic N) is 2. The van der Waals surface area contributed by atoms with Gasteiger partial charge in [0, 0.05) is 12.2 Å². The van der Waals surface area contributed by atoms with E-state index < -0.39 is 0 Å². The van der Waals surface area contributed by atoms with Gasteiger partial charge in [0.2, 0.25) is 0 Å². The van der Waals surface area contributed by atoms with E-state index in [-0.39, 0.29) is 11.8 Å². The SMILES string of the molecule is CC(C)n1c(=O)oc2cccnc21. The quantitative estimate of drug-likeness (QED) is 0.665. The summed E-state index contributed by atoms with van der Waals surface area (Å²) in [5.74, 6) is -0.344. The molecule has 0 saturated carbocycles. The fourth-order valence-corrected chi connectivity index (χ4v) is 1.33. The van der Waals surface area contributed by atoms with Crippen LogP contribution in [0.3, 0.4) is 0 Å². The number of pyridine rings is 1. The lowest BCUT2D eigenvalue weighted by molar-refractivity contribution is 0.477. The second-order valence-electron chi connectivity index (χ2n) is 3.16. The standard InChI is InChI=1S/C9H10N2O2/c1-6(2)11-8-7(13-9(11)12)4-3-5-10-8/h3-6H,1-2H3. The summed E-state index contributed by atoms with van der Waals surface area (Å²) in [5, 5.41) is 0. The maximum Gasteiger partial charge on any atom is 0.421 e. The van der Waals surface area contributed by atoms with E-state index in [1.165, 1.54) is 4.57 Å². The fourth-order valence-electron chi connectivity index (χ4n) is 1.33. The van der Waals surface area contributed by atoms with Gasteiger partial charge in [-0.1, -0.05) is 0 Å². The summed E-state index contributed by atoms with van der Waals surface area (Å²) in [6, 6.07) is 3.56. The van der Waals surface area contributed by atoms with Crippen LogP contribution in [0.15, 0.2) is 27.5 Å². The van der Waals surface area contributed by atoms with Gasteiger partial charge < -0.3 is 4.42 Å². The van der Waals surface area contributed by atoms with Crippen LogP contribution in [0.4, 0.5) is 0 Å². The van der Waals surface area contributed by atoms with E-state index in [1.54, 1.807) is 18.3 Å². The Kier molecular flexibility index (Phi) is 1.69. The van der Waals surface area contributed by atoms with Crippen molar-refractivity contribution in [3.8, 4) is 0 Å². The molecule has 68 valence electrons. The van der Waals surface area contributed by atoms with E-state index in [1.807, 2.05) is 13.8 Å². The first-order chi connectivity index (χ1) is 6.20. The highest BCUT2D eigenvalue weighted by atomic mass is 16.4. The first kappa shape index (κ1) is 8.04. The van der Waals surface area contributed by atoms with Crippen molar-refractivity contribution in [3.63, 3.8) is 0 Å². The maximum absolute atomic E-state index is 11.3. The highest BCUT2D eigenvalue weighted by Crippen LogP contribution is 2.12. The smallest absolute Gasteiger partial charge is 0.406 e. The highest BCUT2D eigenvalue weighted by Gasteiger charge is 2.11. The number of fused-ring (bicyclic) bond motifs is 1. The van der Waals surface area contributed by atoms with Crippen LogP contribution in [0.25, 0.3) is 11.2 Å². The van der Waals surface area contributed by atoms with Crippen LogP contribution in [0.1, 0.15) is 19.9 Å². The van der Waals surface area contributed by atoms with Gasteiger partial charge in [-0.3, -0.25) is 4.57 Å². The van der Waals surface area contributed by atoms with Gasteiger partial charge in [0.1, 0.15) is 0 Å². The molecule has 0 unspecified atom stereocenters. The summed E-state index contributed by atoms with van der Waals surface area (Å²) in [6.45, 7) is 3.84. The molecular weight excluding hydrogens is 168 g/mol. The summed E-state index contributed by atoms with van der Waals surface area (Å²) in [4.78, 5) is 15.4. The lowest BCUT2D eigenvalue weighted by atomic mass is 10.4. The van der Waals surface area contributed by atoms with Crippen LogP contribution in [0, 0.1) is 0 Å². The lowest BCUT2D eigenvalue weighted by Crippen LogP contribution is -2.16. The first-order valence-corrected chi connectivity index (χ1v) is 4.16. The molecule has 0 amide bonds. The summed E-state index contributed by atoms with van der Waals surface area (Å²) >= 11 is 0. The van der Waals surface area contributed by atoms with Crippen molar-refractivity contribution in [2.75, 3.05) is 0 Å². The van der Waals surface area contributed by atoms with Gasteiger partial charge in [-0.2, -0.15) is 0 Å². The van der Waals surface area contributed by atoms with Crippen LogP contribution >= 0.6 is 0 Å². The molecule has 0 spiro atoms. The number of oxazole rings is 1. The van der Waals surface area contributed by atoms with Crippen LogP contribution in [-0.2, 0) is 0 Å². The Morgan fingerprint density at radius 1 is 1.54 bits per heavy atom. The van der Waals surface area contributed by atoms with Gasteiger partial charge in [-0.15, -0.1) is 0 Å². The Labute approximate surface area is 74.8 Å². The summed E-state index contributed by atoms with van der Waals surface area (Å²) in [6.07, 6.45) is 1.65. The molecule has 0 saturated heterocycles.